The number of alkyl carbamates (subject to hydrolysis) is 1. The Hall–Kier alpha value is -2.15. The molecular formula is C20H27ClN2O5. The number of carbonyl (C=O) groups is 2. The van der Waals surface area contributed by atoms with Gasteiger partial charge in [0.15, 0.2) is 11.5 Å². The number of nitrogens with zero attached hydrogens (tertiary/aromatic N) is 1. The van der Waals surface area contributed by atoms with E-state index < -0.39 is 11.7 Å². The van der Waals surface area contributed by atoms with Crippen LogP contribution in [0.2, 0.25) is 5.02 Å². The Labute approximate surface area is 170 Å². The van der Waals surface area contributed by atoms with Crippen molar-refractivity contribution in [2.45, 2.75) is 39.2 Å². The molecule has 2 aliphatic heterocycles. The molecule has 1 saturated heterocycles. The summed E-state index contributed by atoms with van der Waals surface area (Å²) in [5.74, 6) is 1.26. The minimum atomic E-state index is -0.509. The third kappa shape index (κ3) is 5.22. The lowest BCUT2D eigenvalue weighted by Crippen LogP contribution is -2.42. The first-order valence-corrected chi connectivity index (χ1v) is 9.96. The molecule has 0 saturated carbocycles. The van der Waals surface area contributed by atoms with Gasteiger partial charge < -0.3 is 24.4 Å². The number of rotatable bonds is 3. The van der Waals surface area contributed by atoms with E-state index in [-0.39, 0.29) is 5.91 Å². The number of piperidine rings is 1. The molecule has 0 aromatic heterocycles. The van der Waals surface area contributed by atoms with Crippen LogP contribution < -0.4 is 14.8 Å². The smallest absolute Gasteiger partial charge is 0.407 e. The fourth-order valence-electron chi connectivity index (χ4n) is 3.30. The third-order valence-electron chi connectivity index (χ3n) is 4.68. The molecule has 0 radical (unpaired) electrons. The van der Waals surface area contributed by atoms with E-state index >= 15 is 0 Å². The Balaban J connectivity index is 1.52. The zero-order valence-corrected chi connectivity index (χ0v) is 17.3. The highest BCUT2D eigenvalue weighted by atomic mass is 35.5. The average Bonchev–Trinajstić information content (AvgIpc) is 2.65. The molecule has 1 fully saturated rings. The fourth-order valence-corrected chi connectivity index (χ4v) is 3.56. The van der Waals surface area contributed by atoms with Gasteiger partial charge in [-0.3, -0.25) is 4.79 Å². The number of amides is 2. The van der Waals surface area contributed by atoms with Crippen LogP contribution in [0.15, 0.2) is 12.1 Å². The lowest BCUT2D eigenvalue weighted by molar-refractivity contribution is 0.0500. The number of nitrogens with one attached hydrogen (secondary N) is 1. The molecule has 0 spiro atoms. The van der Waals surface area contributed by atoms with Crippen molar-refractivity contribution in [3.63, 3.8) is 0 Å². The quantitative estimate of drug-likeness (QED) is 0.825. The summed E-state index contributed by atoms with van der Waals surface area (Å²) in [6, 6.07) is 3.33. The van der Waals surface area contributed by atoms with Gasteiger partial charge in [-0.2, -0.15) is 0 Å². The van der Waals surface area contributed by atoms with E-state index in [1.165, 1.54) is 0 Å². The van der Waals surface area contributed by atoms with Crippen LogP contribution in [0.1, 0.15) is 44.0 Å². The van der Waals surface area contributed by atoms with Crippen LogP contribution in [-0.4, -0.2) is 55.3 Å². The van der Waals surface area contributed by atoms with E-state index in [2.05, 4.69) is 5.32 Å². The van der Waals surface area contributed by atoms with E-state index in [4.69, 9.17) is 25.8 Å². The molecule has 2 heterocycles. The first kappa shape index (κ1) is 20.6. The van der Waals surface area contributed by atoms with Gasteiger partial charge in [-0.15, -0.1) is 0 Å². The SMILES string of the molecule is CC(C)(C)OC(=O)NCC1CCN(C(=O)c2cc(Cl)c3c(c2)OCCO3)CC1. The number of hydrogen-bond acceptors (Lipinski definition) is 5. The second-order valence-electron chi connectivity index (χ2n) is 8.10. The number of halogens is 1. The Morgan fingerprint density at radius 2 is 1.89 bits per heavy atom. The minimum absolute atomic E-state index is 0.0718. The van der Waals surface area contributed by atoms with Crippen LogP contribution in [0.5, 0.6) is 11.5 Å². The van der Waals surface area contributed by atoms with Gasteiger partial charge >= 0.3 is 6.09 Å². The van der Waals surface area contributed by atoms with Gasteiger partial charge in [0.1, 0.15) is 18.8 Å². The molecule has 8 heteroatoms. The normalized spacial score (nSPS) is 17.2. The Morgan fingerprint density at radius 1 is 1.21 bits per heavy atom. The van der Waals surface area contributed by atoms with Crippen LogP contribution in [0.4, 0.5) is 4.79 Å². The van der Waals surface area contributed by atoms with Crippen LogP contribution in [0, 0.1) is 5.92 Å². The fraction of sp³-hybridized carbons (Fsp3) is 0.600. The highest BCUT2D eigenvalue weighted by Gasteiger charge is 2.27. The van der Waals surface area contributed by atoms with Crippen molar-refractivity contribution >= 4 is 23.6 Å². The number of ether oxygens (including phenoxy) is 3. The topological polar surface area (TPSA) is 77.1 Å². The number of fused-ring (bicyclic) bond motifs is 1. The summed E-state index contributed by atoms with van der Waals surface area (Å²) in [6.07, 6.45) is 1.23. The second kappa shape index (κ2) is 8.47. The van der Waals surface area contributed by atoms with Gasteiger partial charge in [0, 0.05) is 25.2 Å². The maximum absolute atomic E-state index is 12.8. The molecule has 28 heavy (non-hydrogen) atoms. The molecule has 0 aliphatic carbocycles. The molecule has 0 bridgehead atoms. The van der Waals surface area contributed by atoms with Crippen LogP contribution in [0.3, 0.4) is 0 Å². The molecule has 2 aliphatic rings. The van der Waals surface area contributed by atoms with Gasteiger partial charge in [-0.25, -0.2) is 4.79 Å². The second-order valence-corrected chi connectivity index (χ2v) is 8.51. The summed E-state index contributed by atoms with van der Waals surface area (Å²) >= 11 is 6.24. The largest absolute Gasteiger partial charge is 0.486 e. The summed E-state index contributed by atoms with van der Waals surface area (Å²) in [7, 11) is 0. The number of likely N-dealkylation sites (tertiary alicyclic amines) is 1. The van der Waals surface area contributed by atoms with E-state index in [1.807, 2.05) is 25.7 Å². The van der Waals surface area contributed by atoms with Crippen molar-refractivity contribution in [1.29, 1.82) is 0 Å². The molecule has 7 nitrogen and oxygen atoms in total. The monoisotopic (exact) mass is 410 g/mol. The molecular weight excluding hydrogens is 384 g/mol. The molecule has 1 aromatic rings. The van der Waals surface area contributed by atoms with Gasteiger partial charge in [0.2, 0.25) is 0 Å². The molecule has 0 atom stereocenters. The van der Waals surface area contributed by atoms with Crippen LogP contribution >= 0.6 is 11.6 Å². The summed E-state index contributed by atoms with van der Waals surface area (Å²) in [6.45, 7) is 8.20. The third-order valence-corrected chi connectivity index (χ3v) is 4.96. The number of benzene rings is 1. The van der Waals surface area contributed by atoms with Crippen molar-refractivity contribution in [2.75, 3.05) is 32.8 Å². The molecule has 154 valence electrons. The lowest BCUT2D eigenvalue weighted by Gasteiger charge is -2.32. The highest BCUT2D eigenvalue weighted by molar-refractivity contribution is 6.32. The summed E-state index contributed by atoms with van der Waals surface area (Å²) in [5, 5.41) is 3.20. The standard InChI is InChI=1S/C20H27ClN2O5/c1-20(2,3)28-19(25)22-12-13-4-6-23(7-5-13)18(24)14-10-15(21)17-16(11-14)26-8-9-27-17/h10-11,13H,4-9,12H2,1-3H3,(H,22,25). The summed E-state index contributed by atoms with van der Waals surface area (Å²) in [4.78, 5) is 26.4. The Morgan fingerprint density at radius 3 is 2.57 bits per heavy atom. The molecule has 3 rings (SSSR count). The summed E-state index contributed by atoms with van der Waals surface area (Å²) in [5.41, 5.74) is -0.00954. The molecule has 1 aromatic carbocycles. The predicted octanol–water partition coefficient (Wildman–Crippen LogP) is 3.49. The first-order valence-electron chi connectivity index (χ1n) is 9.58. The highest BCUT2D eigenvalue weighted by Crippen LogP contribution is 2.38. The minimum Gasteiger partial charge on any atom is -0.486 e. The van der Waals surface area contributed by atoms with Gasteiger partial charge in [0.25, 0.3) is 5.91 Å². The predicted molar refractivity (Wildman–Crippen MR) is 105 cm³/mol. The molecule has 0 unspecified atom stereocenters. The van der Waals surface area contributed by atoms with Crippen LogP contribution in [-0.2, 0) is 4.74 Å². The maximum Gasteiger partial charge on any atom is 0.407 e. The van der Waals surface area contributed by atoms with Crippen molar-refractivity contribution in [3.05, 3.63) is 22.7 Å². The van der Waals surface area contributed by atoms with Crippen LogP contribution in [0.25, 0.3) is 0 Å². The number of hydrogen-bond donors (Lipinski definition) is 1. The average molecular weight is 411 g/mol. The Bertz CT molecular complexity index is 739. The van der Waals surface area contributed by atoms with Gasteiger partial charge in [-0.05, 0) is 51.7 Å². The zero-order chi connectivity index (χ0) is 20.3. The molecule has 2 amide bonds. The first-order chi connectivity index (χ1) is 13.2. The van der Waals surface area contributed by atoms with Crippen molar-refractivity contribution in [2.24, 2.45) is 5.92 Å². The Kier molecular flexibility index (Phi) is 6.23. The van der Waals surface area contributed by atoms with E-state index in [0.29, 0.717) is 60.9 Å². The van der Waals surface area contributed by atoms with E-state index in [1.54, 1.807) is 12.1 Å². The van der Waals surface area contributed by atoms with Crippen molar-refractivity contribution in [3.8, 4) is 11.5 Å². The van der Waals surface area contributed by atoms with Gasteiger partial charge in [-0.1, -0.05) is 11.6 Å². The van der Waals surface area contributed by atoms with Crippen molar-refractivity contribution in [1.82, 2.24) is 10.2 Å². The maximum atomic E-state index is 12.8. The number of carbonyl (C=O) groups excluding carboxylic acids is 2. The van der Waals surface area contributed by atoms with Crippen molar-refractivity contribution < 1.29 is 23.8 Å². The van der Waals surface area contributed by atoms with Gasteiger partial charge in [0.05, 0.1) is 5.02 Å². The van der Waals surface area contributed by atoms with E-state index in [0.717, 1.165) is 12.8 Å². The zero-order valence-electron chi connectivity index (χ0n) is 16.5. The lowest BCUT2D eigenvalue weighted by atomic mass is 9.96. The summed E-state index contributed by atoms with van der Waals surface area (Å²) < 4.78 is 16.3. The molecule has 1 N–H and O–H groups in total. The van der Waals surface area contributed by atoms with E-state index in [9.17, 15) is 9.59 Å².